The van der Waals surface area contributed by atoms with Gasteiger partial charge in [0.1, 0.15) is 5.69 Å². The molecule has 2 rings (SSSR count). The van der Waals surface area contributed by atoms with Crippen molar-refractivity contribution >= 4 is 5.69 Å². The Labute approximate surface area is 81.1 Å². The summed E-state index contributed by atoms with van der Waals surface area (Å²) >= 11 is 0. The predicted octanol–water partition coefficient (Wildman–Crippen LogP) is 1.67. The molecule has 3 N–H and O–H groups in total. The Kier molecular flexibility index (Phi) is 1.92. The summed E-state index contributed by atoms with van der Waals surface area (Å²) in [4.78, 5) is 0. The summed E-state index contributed by atoms with van der Waals surface area (Å²) in [7, 11) is 0. The Hall–Kier alpha value is -1.99. The summed E-state index contributed by atoms with van der Waals surface area (Å²) in [6, 6.07) is 0. The molecule has 0 saturated carbocycles. The van der Waals surface area contributed by atoms with Crippen LogP contribution in [-0.4, -0.2) is 15.4 Å². The second kappa shape index (κ2) is 3.01. The van der Waals surface area contributed by atoms with E-state index in [0.717, 1.165) is 12.4 Å². The number of anilines is 1. The first kappa shape index (κ1) is 9.56. The Bertz CT molecular complexity index is 473. The third kappa shape index (κ3) is 1.53. The number of nitrogens with zero attached hydrogens (tertiary/aromatic N) is 2. The van der Waals surface area contributed by atoms with Gasteiger partial charge < -0.3 is 10.3 Å². The lowest BCUT2D eigenvalue weighted by atomic mass is 10.2. The number of nitrogens with one attached hydrogen (secondary N) is 1. The fourth-order valence-corrected chi connectivity index (χ4v) is 1.13. The Morgan fingerprint density at radius 2 is 2.07 bits per heavy atom. The van der Waals surface area contributed by atoms with E-state index in [0.29, 0.717) is 0 Å². The smallest absolute Gasteiger partial charge is 0.394 e. The second-order valence-corrected chi connectivity index (χ2v) is 2.77. The Balaban J connectivity index is 2.56. The van der Waals surface area contributed by atoms with E-state index in [9.17, 15) is 13.2 Å². The van der Waals surface area contributed by atoms with Crippen LogP contribution in [0, 0.1) is 0 Å². The molecule has 2 heterocycles. The van der Waals surface area contributed by atoms with Gasteiger partial charge in [0.2, 0.25) is 0 Å². The molecule has 0 fully saturated rings. The van der Waals surface area contributed by atoms with E-state index in [2.05, 4.69) is 14.8 Å². The van der Waals surface area contributed by atoms with Crippen molar-refractivity contribution in [2.24, 2.45) is 0 Å². The first-order chi connectivity index (χ1) is 7.00. The molecule has 0 aliphatic heterocycles. The highest BCUT2D eigenvalue weighted by Crippen LogP contribution is 2.37. The molecule has 0 unspecified atom stereocenters. The van der Waals surface area contributed by atoms with E-state index >= 15 is 0 Å². The zero-order valence-corrected chi connectivity index (χ0v) is 7.17. The van der Waals surface area contributed by atoms with Gasteiger partial charge in [0, 0.05) is 0 Å². The van der Waals surface area contributed by atoms with E-state index < -0.39 is 11.9 Å². The SMILES string of the molecule is Nc1cnoc1-c1cn[nH]c1C(F)(F)F. The lowest BCUT2D eigenvalue weighted by Gasteiger charge is -2.04. The largest absolute Gasteiger partial charge is 0.433 e. The van der Waals surface area contributed by atoms with Crippen LogP contribution in [0.2, 0.25) is 0 Å². The third-order valence-electron chi connectivity index (χ3n) is 1.77. The fraction of sp³-hybridized carbons (Fsp3) is 0.143. The molecule has 15 heavy (non-hydrogen) atoms. The first-order valence-electron chi connectivity index (χ1n) is 3.81. The van der Waals surface area contributed by atoms with Gasteiger partial charge in [-0.15, -0.1) is 0 Å². The van der Waals surface area contributed by atoms with Gasteiger partial charge in [-0.25, -0.2) is 0 Å². The molecule has 0 amide bonds. The molecule has 0 atom stereocenters. The molecular weight excluding hydrogens is 213 g/mol. The lowest BCUT2D eigenvalue weighted by Crippen LogP contribution is -2.07. The minimum Gasteiger partial charge on any atom is -0.394 e. The van der Waals surface area contributed by atoms with E-state index in [1.807, 2.05) is 5.10 Å². The Morgan fingerprint density at radius 1 is 1.33 bits per heavy atom. The number of H-pyrrole nitrogens is 1. The van der Waals surface area contributed by atoms with Crippen LogP contribution in [0.15, 0.2) is 16.9 Å². The molecular formula is C7H5F3N4O. The maximum absolute atomic E-state index is 12.4. The van der Waals surface area contributed by atoms with Crippen LogP contribution in [0.1, 0.15) is 5.69 Å². The summed E-state index contributed by atoms with van der Waals surface area (Å²) in [5.74, 6) is -0.143. The van der Waals surface area contributed by atoms with Crippen molar-refractivity contribution in [3.05, 3.63) is 18.1 Å². The molecule has 2 aromatic rings. The third-order valence-corrected chi connectivity index (χ3v) is 1.77. The van der Waals surface area contributed by atoms with E-state index in [1.54, 1.807) is 0 Å². The molecule has 0 radical (unpaired) electrons. The molecule has 5 nitrogen and oxygen atoms in total. The van der Waals surface area contributed by atoms with E-state index in [1.165, 1.54) is 0 Å². The summed E-state index contributed by atoms with van der Waals surface area (Å²) < 4.78 is 41.9. The van der Waals surface area contributed by atoms with Crippen LogP contribution in [0.25, 0.3) is 11.3 Å². The van der Waals surface area contributed by atoms with E-state index in [4.69, 9.17) is 5.73 Å². The maximum Gasteiger partial charge on any atom is 0.433 e. The van der Waals surface area contributed by atoms with Crippen LogP contribution >= 0.6 is 0 Å². The van der Waals surface area contributed by atoms with E-state index in [-0.39, 0.29) is 17.0 Å². The highest BCUT2D eigenvalue weighted by molar-refractivity contribution is 5.71. The summed E-state index contributed by atoms with van der Waals surface area (Å²) in [6.45, 7) is 0. The summed E-state index contributed by atoms with van der Waals surface area (Å²) in [6.07, 6.45) is -2.42. The molecule has 2 aromatic heterocycles. The molecule has 80 valence electrons. The topological polar surface area (TPSA) is 80.7 Å². The highest BCUT2D eigenvalue weighted by Gasteiger charge is 2.37. The monoisotopic (exact) mass is 218 g/mol. The molecule has 0 bridgehead atoms. The van der Waals surface area contributed by atoms with Crippen LogP contribution in [0.3, 0.4) is 0 Å². The van der Waals surface area contributed by atoms with Gasteiger partial charge in [0.15, 0.2) is 11.5 Å². The van der Waals surface area contributed by atoms with Crippen molar-refractivity contribution in [2.75, 3.05) is 5.73 Å². The number of hydrogen-bond acceptors (Lipinski definition) is 4. The minimum absolute atomic E-state index is 0.0295. The molecule has 8 heteroatoms. The van der Waals surface area contributed by atoms with Gasteiger partial charge in [0.25, 0.3) is 0 Å². The number of alkyl halides is 3. The standard InChI is InChI=1S/C7H5F3N4O/c8-7(9,10)6-3(1-12-14-6)5-4(11)2-13-15-5/h1-2H,11H2,(H,12,14). The average Bonchev–Trinajstić information content (AvgIpc) is 2.69. The molecule has 0 aromatic carbocycles. The molecule has 0 spiro atoms. The predicted molar refractivity (Wildman–Crippen MR) is 43.5 cm³/mol. The number of halogens is 3. The summed E-state index contributed by atoms with van der Waals surface area (Å²) in [5.41, 5.74) is 4.15. The van der Waals surface area contributed by atoms with Crippen molar-refractivity contribution in [1.29, 1.82) is 0 Å². The fourth-order valence-electron chi connectivity index (χ4n) is 1.13. The van der Waals surface area contributed by atoms with Crippen molar-refractivity contribution in [3.8, 4) is 11.3 Å². The van der Waals surface area contributed by atoms with Crippen LogP contribution in [0.5, 0.6) is 0 Å². The molecule has 0 aliphatic rings. The highest BCUT2D eigenvalue weighted by atomic mass is 19.4. The van der Waals surface area contributed by atoms with Crippen molar-refractivity contribution < 1.29 is 17.7 Å². The van der Waals surface area contributed by atoms with Gasteiger partial charge in [0.05, 0.1) is 18.0 Å². The number of aromatic nitrogens is 3. The normalized spacial score (nSPS) is 11.9. The second-order valence-electron chi connectivity index (χ2n) is 2.77. The number of aromatic amines is 1. The number of nitrogens with two attached hydrogens (primary N) is 1. The number of rotatable bonds is 1. The van der Waals surface area contributed by atoms with Gasteiger partial charge in [-0.3, -0.25) is 5.10 Å². The average molecular weight is 218 g/mol. The zero-order chi connectivity index (χ0) is 11.1. The maximum atomic E-state index is 12.4. The van der Waals surface area contributed by atoms with Gasteiger partial charge in [-0.1, -0.05) is 5.16 Å². The van der Waals surface area contributed by atoms with Crippen LogP contribution in [0.4, 0.5) is 18.9 Å². The molecule has 0 aliphatic carbocycles. The van der Waals surface area contributed by atoms with Crippen molar-refractivity contribution in [2.45, 2.75) is 6.18 Å². The van der Waals surface area contributed by atoms with Gasteiger partial charge >= 0.3 is 6.18 Å². The summed E-state index contributed by atoms with van der Waals surface area (Å²) in [5, 5.41) is 8.43. The zero-order valence-electron chi connectivity index (χ0n) is 7.17. The number of nitrogen functional groups attached to an aromatic ring is 1. The van der Waals surface area contributed by atoms with Gasteiger partial charge in [-0.2, -0.15) is 18.3 Å². The van der Waals surface area contributed by atoms with Crippen molar-refractivity contribution in [3.63, 3.8) is 0 Å². The number of hydrogen-bond donors (Lipinski definition) is 2. The lowest BCUT2D eigenvalue weighted by molar-refractivity contribution is -0.140. The van der Waals surface area contributed by atoms with Gasteiger partial charge in [-0.05, 0) is 0 Å². The first-order valence-corrected chi connectivity index (χ1v) is 3.81. The Morgan fingerprint density at radius 3 is 2.60 bits per heavy atom. The quantitative estimate of drug-likeness (QED) is 0.762. The van der Waals surface area contributed by atoms with Crippen LogP contribution < -0.4 is 5.73 Å². The minimum atomic E-state index is -4.54. The van der Waals surface area contributed by atoms with Crippen LogP contribution in [-0.2, 0) is 6.18 Å². The van der Waals surface area contributed by atoms with Crippen molar-refractivity contribution in [1.82, 2.24) is 15.4 Å². The molecule has 0 saturated heterocycles.